The monoisotopic (exact) mass is 283 g/mol. The van der Waals surface area contributed by atoms with Crippen molar-refractivity contribution in [3.8, 4) is 5.75 Å². The molecule has 0 radical (unpaired) electrons. The van der Waals surface area contributed by atoms with Crippen molar-refractivity contribution in [1.82, 2.24) is 5.32 Å². The molecule has 1 atom stereocenters. The number of benzene rings is 1. The minimum Gasteiger partial charge on any atom is -0.496 e. The van der Waals surface area contributed by atoms with Crippen molar-refractivity contribution in [3.05, 3.63) is 29.6 Å². The second-order valence-corrected chi connectivity index (χ2v) is 5.54. The maximum Gasteiger partial charge on any atom is 0.320 e. The molecule has 20 heavy (non-hydrogen) atoms. The number of methoxy groups -OCH3 is 1. The maximum absolute atomic E-state index is 13.8. The molecule has 0 bridgehead atoms. The lowest BCUT2D eigenvalue weighted by Gasteiger charge is -2.21. The van der Waals surface area contributed by atoms with Gasteiger partial charge in [0.2, 0.25) is 0 Å². The van der Waals surface area contributed by atoms with Gasteiger partial charge in [-0.3, -0.25) is 4.79 Å². The smallest absolute Gasteiger partial charge is 0.320 e. The van der Waals surface area contributed by atoms with Crippen LogP contribution < -0.4 is 10.1 Å². The molecule has 1 aromatic carbocycles. The van der Waals surface area contributed by atoms with Crippen molar-refractivity contribution in [3.63, 3.8) is 0 Å². The van der Waals surface area contributed by atoms with E-state index in [0.717, 1.165) is 0 Å². The lowest BCUT2D eigenvalue weighted by Crippen LogP contribution is -2.33. The molecule has 4 nitrogen and oxygen atoms in total. The summed E-state index contributed by atoms with van der Waals surface area (Å²) in [5.41, 5.74) is -0.129. The molecular weight excluding hydrogens is 261 g/mol. The molecule has 112 valence electrons. The fourth-order valence-corrected chi connectivity index (χ4v) is 1.83. The third-order valence-electron chi connectivity index (χ3n) is 2.64. The summed E-state index contributed by atoms with van der Waals surface area (Å²) in [4.78, 5) is 11.6. The van der Waals surface area contributed by atoms with Crippen molar-refractivity contribution in [2.24, 2.45) is 0 Å². The SMILES string of the molecule is COc1cccc(F)c1C(C)NCC(=O)OC(C)(C)C. The van der Waals surface area contributed by atoms with Crippen molar-refractivity contribution >= 4 is 5.97 Å². The average Bonchev–Trinajstić information content (AvgIpc) is 2.33. The molecule has 5 heteroatoms. The summed E-state index contributed by atoms with van der Waals surface area (Å²) in [7, 11) is 1.48. The van der Waals surface area contributed by atoms with Crippen LogP contribution in [0.4, 0.5) is 4.39 Å². The Labute approximate surface area is 119 Å². The summed E-state index contributed by atoms with van der Waals surface area (Å²) >= 11 is 0. The van der Waals surface area contributed by atoms with Crippen LogP contribution in [-0.2, 0) is 9.53 Å². The number of nitrogens with one attached hydrogen (secondary N) is 1. The first kappa shape index (κ1) is 16.4. The van der Waals surface area contributed by atoms with Crippen molar-refractivity contribution in [2.45, 2.75) is 39.3 Å². The molecule has 0 saturated heterocycles. The van der Waals surface area contributed by atoms with Gasteiger partial charge in [0.15, 0.2) is 0 Å². The van der Waals surface area contributed by atoms with Gasteiger partial charge < -0.3 is 14.8 Å². The van der Waals surface area contributed by atoms with E-state index in [-0.39, 0.29) is 24.4 Å². The Morgan fingerprint density at radius 2 is 2.05 bits per heavy atom. The van der Waals surface area contributed by atoms with E-state index in [9.17, 15) is 9.18 Å². The normalized spacial score (nSPS) is 12.9. The van der Waals surface area contributed by atoms with E-state index < -0.39 is 5.60 Å². The number of carbonyl (C=O) groups is 1. The molecule has 0 fully saturated rings. The van der Waals surface area contributed by atoms with E-state index in [1.54, 1.807) is 39.8 Å². The van der Waals surface area contributed by atoms with E-state index in [2.05, 4.69) is 5.32 Å². The Balaban J connectivity index is 2.68. The van der Waals surface area contributed by atoms with Crippen LogP contribution >= 0.6 is 0 Å². The lowest BCUT2D eigenvalue weighted by molar-refractivity contribution is -0.153. The summed E-state index contributed by atoms with van der Waals surface area (Å²) < 4.78 is 24.2. The van der Waals surface area contributed by atoms with Gasteiger partial charge in [-0.25, -0.2) is 4.39 Å². The minimum absolute atomic E-state index is 0.00985. The van der Waals surface area contributed by atoms with Crippen LogP contribution in [0, 0.1) is 5.82 Å². The van der Waals surface area contributed by atoms with Crippen LogP contribution in [0.1, 0.15) is 39.3 Å². The van der Waals surface area contributed by atoms with Gasteiger partial charge >= 0.3 is 5.97 Å². The van der Waals surface area contributed by atoms with Gasteiger partial charge in [0.25, 0.3) is 0 Å². The highest BCUT2D eigenvalue weighted by Gasteiger charge is 2.19. The number of rotatable bonds is 5. The number of hydrogen-bond acceptors (Lipinski definition) is 4. The molecule has 0 amide bonds. The molecule has 1 N–H and O–H groups in total. The Bertz CT molecular complexity index is 469. The van der Waals surface area contributed by atoms with E-state index in [0.29, 0.717) is 11.3 Å². The topological polar surface area (TPSA) is 47.6 Å². The van der Waals surface area contributed by atoms with E-state index in [1.807, 2.05) is 0 Å². The summed E-state index contributed by atoms with van der Waals surface area (Å²) in [5, 5.41) is 2.94. The van der Waals surface area contributed by atoms with Crippen LogP contribution in [0.3, 0.4) is 0 Å². The zero-order chi connectivity index (χ0) is 15.3. The molecule has 1 aromatic rings. The Kier molecular flexibility index (Phi) is 5.51. The predicted octanol–water partition coefficient (Wildman–Crippen LogP) is 2.83. The second-order valence-electron chi connectivity index (χ2n) is 5.54. The van der Waals surface area contributed by atoms with Gasteiger partial charge in [-0.15, -0.1) is 0 Å². The molecule has 0 aliphatic rings. The molecule has 0 saturated carbocycles. The summed E-state index contributed by atoms with van der Waals surface area (Å²) in [5.74, 6) is -0.289. The molecule has 0 aromatic heterocycles. The molecule has 1 rings (SSSR count). The van der Waals surface area contributed by atoms with Crippen LogP contribution in [0.5, 0.6) is 5.75 Å². The number of hydrogen-bond donors (Lipinski definition) is 1. The van der Waals surface area contributed by atoms with E-state index in [1.165, 1.54) is 13.2 Å². The van der Waals surface area contributed by atoms with Crippen LogP contribution in [0.15, 0.2) is 18.2 Å². The van der Waals surface area contributed by atoms with Crippen molar-refractivity contribution < 1.29 is 18.7 Å². The van der Waals surface area contributed by atoms with E-state index in [4.69, 9.17) is 9.47 Å². The third kappa shape index (κ3) is 4.81. The van der Waals surface area contributed by atoms with Gasteiger partial charge in [-0.2, -0.15) is 0 Å². The zero-order valence-corrected chi connectivity index (χ0v) is 12.6. The van der Waals surface area contributed by atoms with E-state index >= 15 is 0 Å². The zero-order valence-electron chi connectivity index (χ0n) is 12.6. The number of ether oxygens (including phenoxy) is 2. The van der Waals surface area contributed by atoms with Crippen LogP contribution in [0.2, 0.25) is 0 Å². The van der Waals surface area contributed by atoms with Gasteiger partial charge in [-0.05, 0) is 39.8 Å². The van der Waals surface area contributed by atoms with Gasteiger partial charge in [-0.1, -0.05) is 6.07 Å². The van der Waals surface area contributed by atoms with Gasteiger partial charge in [0.1, 0.15) is 17.2 Å². The maximum atomic E-state index is 13.8. The summed E-state index contributed by atoms with van der Waals surface area (Å²) in [6, 6.07) is 4.27. The van der Waals surface area contributed by atoms with Crippen molar-refractivity contribution in [2.75, 3.05) is 13.7 Å². The van der Waals surface area contributed by atoms with Crippen LogP contribution in [-0.4, -0.2) is 25.2 Å². The highest BCUT2D eigenvalue weighted by Crippen LogP contribution is 2.27. The van der Waals surface area contributed by atoms with Crippen molar-refractivity contribution in [1.29, 1.82) is 0 Å². The standard InChI is InChI=1S/C15H22FNO3/c1-10(17-9-13(18)20-15(2,3)4)14-11(16)7-6-8-12(14)19-5/h6-8,10,17H,9H2,1-5H3. The molecule has 1 unspecified atom stereocenters. The fourth-order valence-electron chi connectivity index (χ4n) is 1.83. The predicted molar refractivity (Wildman–Crippen MR) is 75.2 cm³/mol. The highest BCUT2D eigenvalue weighted by molar-refractivity contribution is 5.72. The molecule has 0 aliphatic carbocycles. The first-order valence-electron chi connectivity index (χ1n) is 6.52. The quantitative estimate of drug-likeness (QED) is 0.844. The first-order valence-corrected chi connectivity index (χ1v) is 6.52. The molecule has 0 spiro atoms. The lowest BCUT2D eigenvalue weighted by atomic mass is 10.1. The average molecular weight is 283 g/mol. The summed E-state index contributed by atoms with van der Waals surface area (Å²) in [6.07, 6.45) is 0. The third-order valence-corrected chi connectivity index (χ3v) is 2.64. The Morgan fingerprint density at radius 1 is 1.40 bits per heavy atom. The van der Waals surface area contributed by atoms with Gasteiger partial charge in [0, 0.05) is 11.6 Å². The second kappa shape index (κ2) is 6.70. The minimum atomic E-state index is -0.530. The molecule has 0 aliphatic heterocycles. The number of halogens is 1. The highest BCUT2D eigenvalue weighted by atomic mass is 19.1. The Hall–Kier alpha value is -1.62. The van der Waals surface area contributed by atoms with Crippen LogP contribution in [0.25, 0.3) is 0 Å². The number of carbonyl (C=O) groups excluding carboxylic acids is 1. The Morgan fingerprint density at radius 3 is 2.60 bits per heavy atom. The molecule has 0 heterocycles. The van der Waals surface area contributed by atoms with Gasteiger partial charge in [0.05, 0.1) is 13.7 Å². The fraction of sp³-hybridized carbons (Fsp3) is 0.533. The summed E-state index contributed by atoms with van der Waals surface area (Å²) in [6.45, 7) is 7.18. The first-order chi connectivity index (χ1) is 9.24. The largest absolute Gasteiger partial charge is 0.496 e. The number of esters is 1. The molecular formula is C15H22FNO3.